The molecule has 0 aliphatic carbocycles. The van der Waals surface area contributed by atoms with E-state index in [2.05, 4.69) is 10.6 Å². The third-order valence-corrected chi connectivity index (χ3v) is 6.03. The molecule has 4 rings (SSSR count). The van der Waals surface area contributed by atoms with Gasteiger partial charge < -0.3 is 19.8 Å². The predicted octanol–water partition coefficient (Wildman–Crippen LogP) is 4.17. The van der Waals surface area contributed by atoms with Gasteiger partial charge in [0.25, 0.3) is 0 Å². The van der Waals surface area contributed by atoms with Crippen molar-refractivity contribution in [2.24, 2.45) is 0 Å². The minimum absolute atomic E-state index is 0.0386. The quantitative estimate of drug-likeness (QED) is 0.532. The summed E-state index contributed by atoms with van der Waals surface area (Å²) in [7, 11) is 1.64. The molecular weight excluding hydrogens is 404 g/mol. The number of nitrogens with one attached hydrogen (secondary N) is 2. The number of carbonyl (C=O) groups is 2. The van der Waals surface area contributed by atoms with Crippen molar-refractivity contribution in [3.8, 4) is 5.75 Å². The molecule has 0 saturated carbocycles. The highest BCUT2D eigenvalue weighted by Crippen LogP contribution is 2.30. The van der Waals surface area contributed by atoms with Crippen molar-refractivity contribution in [1.29, 1.82) is 0 Å². The molecule has 1 saturated heterocycles. The Morgan fingerprint density at radius 2 is 1.91 bits per heavy atom. The molecule has 0 bridgehead atoms. The second kappa shape index (κ2) is 9.73. The van der Waals surface area contributed by atoms with E-state index < -0.39 is 5.54 Å². The molecule has 2 aromatic carbocycles. The summed E-state index contributed by atoms with van der Waals surface area (Å²) in [6.45, 7) is 0. The standard InChI is InChI=1S/C26H28N2O4/c1-31-21-11-9-19(10-12-21)18-26(16-14-24(30)28-26)15-13-23(29)27-25(22-8-5-17-32-22)20-6-3-2-4-7-20/h2-12,17,25H,13-16,18H2,1H3,(H,27,29)(H,28,30)/t25-,26-/m1/s1. The molecular formula is C26H28N2O4. The highest BCUT2D eigenvalue weighted by Gasteiger charge is 2.38. The molecule has 166 valence electrons. The van der Waals surface area contributed by atoms with Crippen molar-refractivity contribution in [1.82, 2.24) is 10.6 Å². The van der Waals surface area contributed by atoms with Crippen molar-refractivity contribution < 1.29 is 18.7 Å². The number of methoxy groups -OCH3 is 1. The van der Waals surface area contributed by atoms with Gasteiger partial charge in [0.15, 0.2) is 0 Å². The lowest BCUT2D eigenvalue weighted by molar-refractivity contribution is -0.123. The van der Waals surface area contributed by atoms with Gasteiger partial charge in [-0.15, -0.1) is 0 Å². The zero-order valence-electron chi connectivity index (χ0n) is 18.2. The summed E-state index contributed by atoms with van der Waals surface area (Å²) in [6.07, 6.45) is 4.35. The van der Waals surface area contributed by atoms with E-state index in [1.165, 1.54) is 0 Å². The molecule has 1 fully saturated rings. The Morgan fingerprint density at radius 1 is 1.12 bits per heavy atom. The molecule has 2 atom stereocenters. The Morgan fingerprint density at radius 3 is 2.53 bits per heavy atom. The lowest BCUT2D eigenvalue weighted by Crippen LogP contribution is -2.44. The summed E-state index contributed by atoms with van der Waals surface area (Å²) in [5.74, 6) is 1.44. The molecule has 0 unspecified atom stereocenters. The number of hydrogen-bond donors (Lipinski definition) is 2. The van der Waals surface area contributed by atoms with Crippen LogP contribution in [0.4, 0.5) is 0 Å². The predicted molar refractivity (Wildman–Crippen MR) is 121 cm³/mol. The Labute approximate surface area is 188 Å². The molecule has 2 heterocycles. The van der Waals surface area contributed by atoms with Crippen molar-refractivity contribution >= 4 is 11.8 Å². The van der Waals surface area contributed by atoms with Crippen LogP contribution in [-0.2, 0) is 16.0 Å². The first-order chi connectivity index (χ1) is 15.6. The van der Waals surface area contributed by atoms with Crippen LogP contribution < -0.4 is 15.4 Å². The number of amides is 2. The Kier molecular flexibility index (Phi) is 6.59. The smallest absolute Gasteiger partial charge is 0.220 e. The van der Waals surface area contributed by atoms with Gasteiger partial charge in [0.1, 0.15) is 17.6 Å². The van der Waals surface area contributed by atoms with Gasteiger partial charge in [-0.2, -0.15) is 0 Å². The van der Waals surface area contributed by atoms with Crippen molar-refractivity contribution in [2.45, 2.75) is 43.7 Å². The number of carbonyl (C=O) groups excluding carboxylic acids is 2. The minimum Gasteiger partial charge on any atom is -0.497 e. The summed E-state index contributed by atoms with van der Waals surface area (Å²) in [6, 6.07) is 20.9. The van der Waals surface area contributed by atoms with Crippen LogP contribution in [0.15, 0.2) is 77.4 Å². The van der Waals surface area contributed by atoms with E-state index in [0.29, 0.717) is 37.9 Å². The van der Waals surface area contributed by atoms with Crippen LogP contribution in [0.5, 0.6) is 5.75 Å². The lowest BCUT2D eigenvalue weighted by atomic mass is 9.85. The van der Waals surface area contributed by atoms with E-state index in [4.69, 9.17) is 9.15 Å². The topological polar surface area (TPSA) is 80.6 Å². The molecule has 6 heteroatoms. The largest absolute Gasteiger partial charge is 0.497 e. The van der Waals surface area contributed by atoms with Crippen molar-refractivity contribution in [3.63, 3.8) is 0 Å². The Balaban J connectivity index is 1.44. The molecule has 0 radical (unpaired) electrons. The Bertz CT molecular complexity index is 1030. The molecule has 0 spiro atoms. The zero-order chi connectivity index (χ0) is 22.4. The fourth-order valence-corrected chi connectivity index (χ4v) is 4.32. The summed E-state index contributed by atoms with van der Waals surface area (Å²) < 4.78 is 10.8. The van der Waals surface area contributed by atoms with E-state index in [-0.39, 0.29) is 17.9 Å². The average molecular weight is 433 g/mol. The van der Waals surface area contributed by atoms with Crippen molar-refractivity contribution in [3.05, 3.63) is 89.9 Å². The zero-order valence-corrected chi connectivity index (χ0v) is 18.2. The van der Waals surface area contributed by atoms with Crippen LogP contribution in [0.3, 0.4) is 0 Å². The molecule has 1 aliphatic heterocycles. The maximum atomic E-state index is 13.0. The van der Waals surface area contributed by atoms with Crippen LogP contribution in [0.1, 0.15) is 48.6 Å². The van der Waals surface area contributed by atoms with Gasteiger partial charge in [0.05, 0.1) is 13.4 Å². The molecule has 3 aromatic rings. The molecule has 1 aliphatic rings. The van der Waals surface area contributed by atoms with Crippen LogP contribution in [-0.4, -0.2) is 24.5 Å². The van der Waals surface area contributed by atoms with Gasteiger partial charge in [-0.25, -0.2) is 0 Å². The summed E-state index contributed by atoms with van der Waals surface area (Å²) in [4.78, 5) is 25.0. The van der Waals surface area contributed by atoms with E-state index >= 15 is 0 Å². The van der Waals surface area contributed by atoms with E-state index in [0.717, 1.165) is 16.9 Å². The molecule has 6 nitrogen and oxygen atoms in total. The fourth-order valence-electron chi connectivity index (χ4n) is 4.32. The number of ether oxygens (including phenoxy) is 1. The average Bonchev–Trinajstić information content (AvgIpc) is 3.48. The van der Waals surface area contributed by atoms with Gasteiger partial charge in [-0.3, -0.25) is 9.59 Å². The van der Waals surface area contributed by atoms with Gasteiger partial charge in [0, 0.05) is 18.4 Å². The van der Waals surface area contributed by atoms with E-state index in [1.54, 1.807) is 13.4 Å². The molecule has 32 heavy (non-hydrogen) atoms. The van der Waals surface area contributed by atoms with Gasteiger partial charge in [-0.1, -0.05) is 42.5 Å². The van der Waals surface area contributed by atoms with Gasteiger partial charge in [0.2, 0.25) is 11.8 Å². The maximum absolute atomic E-state index is 13.0. The second-order valence-electron chi connectivity index (χ2n) is 8.28. The number of furan rings is 1. The third-order valence-electron chi connectivity index (χ3n) is 6.03. The first kappa shape index (κ1) is 21.7. The first-order valence-electron chi connectivity index (χ1n) is 10.9. The summed E-state index contributed by atoms with van der Waals surface area (Å²) >= 11 is 0. The highest BCUT2D eigenvalue weighted by molar-refractivity contribution is 5.80. The SMILES string of the molecule is COc1ccc(C[C@@]2(CCC(=O)N[C@H](c3ccccc3)c3ccco3)CCC(=O)N2)cc1. The maximum Gasteiger partial charge on any atom is 0.220 e. The molecule has 1 aromatic heterocycles. The lowest BCUT2D eigenvalue weighted by Gasteiger charge is -2.29. The molecule has 2 N–H and O–H groups in total. The number of benzene rings is 2. The highest BCUT2D eigenvalue weighted by atomic mass is 16.5. The van der Waals surface area contributed by atoms with Crippen LogP contribution in [0.2, 0.25) is 0 Å². The third kappa shape index (κ3) is 5.19. The molecule has 2 amide bonds. The minimum atomic E-state index is -0.421. The van der Waals surface area contributed by atoms with Gasteiger partial charge >= 0.3 is 0 Å². The number of rotatable bonds is 9. The summed E-state index contributed by atoms with van der Waals surface area (Å²) in [5, 5.41) is 6.25. The van der Waals surface area contributed by atoms with Gasteiger partial charge in [-0.05, 0) is 54.7 Å². The second-order valence-corrected chi connectivity index (χ2v) is 8.28. The Hall–Kier alpha value is -3.54. The van der Waals surface area contributed by atoms with E-state index in [1.807, 2.05) is 66.7 Å². The number of hydrogen-bond acceptors (Lipinski definition) is 4. The normalized spacial score (nSPS) is 18.7. The summed E-state index contributed by atoms with van der Waals surface area (Å²) in [5.41, 5.74) is 1.64. The van der Waals surface area contributed by atoms with Crippen LogP contribution in [0, 0.1) is 0 Å². The van der Waals surface area contributed by atoms with Crippen molar-refractivity contribution in [2.75, 3.05) is 7.11 Å². The van der Waals surface area contributed by atoms with Crippen LogP contribution >= 0.6 is 0 Å². The van der Waals surface area contributed by atoms with E-state index in [9.17, 15) is 9.59 Å². The van der Waals surface area contributed by atoms with Crippen LogP contribution in [0.25, 0.3) is 0 Å². The fraction of sp³-hybridized carbons (Fsp3) is 0.308. The monoisotopic (exact) mass is 432 g/mol. The first-order valence-corrected chi connectivity index (χ1v) is 10.9.